The molecule has 0 nitrogen and oxygen atoms in total. The Kier molecular flexibility index (Phi) is 4.78. The van der Waals surface area contributed by atoms with E-state index in [1.165, 1.54) is 16.7 Å². The lowest BCUT2D eigenvalue weighted by Gasteiger charge is -2.09. The van der Waals surface area contributed by atoms with Gasteiger partial charge >= 0.3 is 0 Å². The molecule has 0 fully saturated rings. The molecule has 1 aromatic rings. The molecule has 0 bridgehead atoms. The van der Waals surface area contributed by atoms with Gasteiger partial charge in [0.1, 0.15) is 0 Å². The van der Waals surface area contributed by atoms with E-state index < -0.39 is 6.04 Å². The van der Waals surface area contributed by atoms with E-state index in [0.29, 0.717) is 0 Å². The second-order valence-electron chi connectivity index (χ2n) is 4.03. The second kappa shape index (κ2) is 5.67. The lowest BCUT2D eigenvalue weighted by atomic mass is 10.0. The Balaban J connectivity index is 3.15. The zero-order chi connectivity index (χ0) is 12.2. The van der Waals surface area contributed by atoms with Crippen molar-refractivity contribution in [3.63, 3.8) is 0 Å². The van der Waals surface area contributed by atoms with Crippen molar-refractivity contribution in [2.24, 2.45) is 0 Å². The topological polar surface area (TPSA) is 0 Å². The summed E-state index contributed by atoms with van der Waals surface area (Å²) in [5.41, 5.74) is 7.04. The van der Waals surface area contributed by atoms with Gasteiger partial charge in [0.15, 0.2) is 0 Å². The minimum absolute atomic E-state index is 1.04. The van der Waals surface area contributed by atoms with Crippen LogP contribution in [0.1, 0.15) is 30.5 Å². The maximum Gasteiger partial charge on any atom is 0.0307 e. The monoisotopic (exact) mass is 250 g/mol. The molecule has 0 aliphatic carbocycles. The molecule has 0 saturated carbocycles. The average Bonchev–Trinajstić information content (AvgIpc) is 2.28. The van der Waals surface area contributed by atoms with Crippen LogP contribution >= 0.6 is 6.04 Å². The normalized spacial score (nSPS) is 10.8. The van der Waals surface area contributed by atoms with Gasteiger partial charge in [-0.3, -0.25) is 0 Å². The molecule has 0 heterocycles. The van der Waals surface area contributed by atoms with Crippen molar-refractivity contribution in [2.45, 2.75) is 27.7 Å². The third-order valence-corrected chi connectivity index (χ3v) is 7.27. The highest BCUT2D eigenvalue weighted by Gasteiger charge is 2.07. The molecule has 0 aliphatic rings. The summed E-state index contributed by atoms with van der Waals surface area (Å²) in [5.74, 6) is 3.32. The zero-order valence-electron chi connectivity index (χ0n) is 10.5. The first-order valence-corrected chi connectivity index (χ1v) is 8.87. The fourth-order valence-electron chi connectivity index (χ4n) is 1.55. The lowest BCUT2D eigenvalue weighted by molar-refractivity contribution is 1.35. The highest BCUT2D eigenvalue weighted by molar-refractivity contribution is 8.17. The molecule has 0 aliphatic heterocycles. The lowest BCUT2D eigenvalue weighted by Crippen LogP contribution is -1.88. The van der Waals surface area contributed by atoms with Crippen molar-refractivity contribution >= 4 is 17.8 Å². The molecule has 0 aromatic heterocycles. The summed E-state index contributed by atoms with van der Waals surface area (Å²) in [4.78, 5) is 0. The summed E-state index contributed by atoms with van der Waals surface area (Å²) in [6.45, 7) is 8.53. The first-order chi connectivity index (χ1) is 7.52. The molecule has 0 spiro atoms. The summed E-state index contributed by atoms with van der Waals surface area (Å²) in [6, 6.07) is 4.88. The van der Waals surface area contributed by atoms with Crippen molar-refractivity contribution in [1.29, 1.82) is 0 Å². The Labute approximate surface area is 104 Å². The number of rotatable bonds is 2. The first kappa shape index (κ1) is 13.5. The molecular formula is C14H19PS. The van der Waals surface area contributed by atoms with Crippen LogP contribution in [0.2, 0.25) is 0 Å². The largest absolute Gasteiger partial charge is 0.0837 e. The summed E-state index contributed by atoms with van der Waals surface area (Å²) in [6.07, 6.45) is 2.08. The van der Waals surface area contributed by atoms with Crippen LogP contribution in [0.5, 0.6) is 0 Å². The summed E-state index contributed by atoms with van der Waals surface area (Å²) >= 11 is 5.63. The SMILES string of the molecule is CCP(=S)(C#Cc1c(C)cccc1C)CC. The van der Waals surface area contributed by atoms with Gasteiger partial charge in [0.2, 0.25) is 0 Å². The van der Waals surface area contributed by atoms with Crippen molar-refractivity contribution in [3.05, 3.63) is 34.9 Å². The van der Waals surface area contributed by atoms with Crippen molar-refractivity contribution in [3.8, 4) is 11.6 Å². The van der Waals surface area contributed by atoms with Gasteiger partial charge in [0, 0.05) is 11.6 Å². The number of hydrogen-bond donors (Lipinski definition) is 0. The fourth-order valence-corrected chi connectivity index (χ4v) is 2.77. The molecular weight excluding hydrogens is 231 g/mol. The van der Waals surface area contributed by atoms with E-state index in [1.807, 2.05) is 0 Å². The minimum Gasteiger partial charge on any atom is -0.0837 e. The minimum atomic E-state index is -1.41. The fraction of sp³-hybridized carbons (Fsp3) is 0.429. The Morgan fingerprint density at radius 3 is 2.06 bits per heavy atom. The van der Waals surface area contributed by atoms with E-state index in [-0.39, 0.29) is 0 Å². The maximum absolute atomic E-state index is 5.63. The van der Waals surface area contributed by atoms with Gasteiger partial charge in [-0.1, -0.05) is 55.4 Å². The third kappa shape index (κ3) is 3.21. The Morgan fingerprint density at radius 1 is 1.12 bits per heavy atom. The molecule has 0 N–H and O–H groups in total. The smallest absolute Gasteiger partial charge is 0.0307 e. The molecule has 1 aromatic carbocycles. The van der Waals surface area contributed by atoms with Gasteiger partial charge in [0.25, 0.3) is 0 Å². The molecule has 86 valence electrons. The van der Waals surface area contributed by atoms with Gasteiger partial charge < -0.3 is 0 Å². The van der Waals surface area contributed by atoms with E-state index in [0.717, 1.165) is 12.3 Å². The molecule has 0 unspecified atom stereocenters. The molecule has 0 amide bonds. The van der Waals surface area contributed by atoms with Gasteiger partial charge in [-0.15, -0.1) is 0 Å². The van der Waals surface area contributed by atoms with E-state index in [1.54, 1.807) is 0 Å². The van der Waals surface area contributed by atoms with Crippen LogP contribution in [-0.4, -0.2) is 12.3 Å². The van der Waals surface area contributed by atoms with Crippen LogP contribution < -0.4 is 0 Å². The Hall–Kier alpha value is -0.570. The van der Waals surface area contributed by atoms with E-state index in [2.05, 4.69) is 57.5 Å². The first-order valence-electron chi connectivity index (χ1n) is 5.70. The van der Waals surface area contributed by atoms with E-state index in [9.17, 15) is 0 Å². The molecule has 1 rings (SSSR count). The summed E-state index contributed by atoms with van der Waals surface area (Å²) in [7, 11) is 0. The second-order valence-corrected chi connectivity index (χ2v) is 9.39. The van der Waals surface area contributed by atoms with Crippen molar-refractivity contribution in [1.82, 2.24) is 0 Å². The van der Waals surface area contributed by atoms with Crippen LogP contribution in [0.4, 0.5) is 0 Å². The zero-order valence-corrected chi connectivity index (χ0v) is 12.2. The van der Waals surface area contributed by atoms with Gasteiger partial charge in [-0.05, 0) is 37.3 Å². The Bertz CT molecular complexity index is 449. The van der Waals surface area contributed by atoms with Gasteiger partial charge in [-0.25, -0.2) is 0 Å². The average molecular weight is 250 g/mol. The number of hydrogen-bond acceptors (Lipinski definition) is 1. The summed E-state index contributed by atoms with van der Waals surface area (Å²) in [5, 5.41) is 0. The maximum atomic E-state index is 5.63. The standard InChI is InChI=1S/C14H19PS/c1-5-15(16,6-2)11-10-14-12(3)8-7-9-13(14)4/h7-9H,5-6H2,1-4H3. The van der Waals surface area contributed by atoms with Crippen LogP contribution in [-0.2, 0) is 11.8 Å². The van der Waals surface area contributed by atoms with Gasteiger partial charge in [-0.2, -0.15) is 0 Å². The van der Waals surface area contributed by atoms with Gasteiger partial charge in [0.05, 0.1) is 0 Å². The molecule has 16 heavy (non-hydrogen) atoms. The van der Waals surface area contributed by atoms with E-state index >= 15 is 0 Å². The molecule has 0 saturated heterocycles. The van der Waals surface area contributed by atoms with Crippen LogP contribution in [0.3, 0.4) is 0 Å². The number of benzene rings is 1. The Morgan fingerprint density at radius 2 is 1.62 bits per heavy atom. The van der Waals surface area contributed by atoms with Crippen LogP contribution in [0.25, 0.3) is 0 Å². The molecule has 2 heteroatoms. The predicted octanol–water partition coefficient (Wildman–Crippen LogP) is 4.13. The number of aryl methyl sites for hydroxylation is 2. The quantitative estimate of drug-likeness (QED) is 0.561. The predicted molar refractivity (Wildman–Crippen MR) is 78.2 cm³/mol. The van der Waals surface area contributed by atoms with E-state index in [4.69, 9.17) is 11.8 Å². The molecule has 0 radical (unpaired) electrons. The molecule has 0 atom stereocenters. The van der Waals surface area contributed by atoms with Crippen LogP contribution in [0, 0.1) is 25.4 Å². The van der Waals surface area contributed by atoms with Crippen LogP contribution in [0.15, 0.2) is 18.2 Å². The van der Waals surface area contributed by atoms with Crippen molar-refractivity contribution in [2.75, 3.05) is 12.3 Å². The third-order valence-electron chi connectivity index (χ3n) is 2.89. The highest BCUT2D eigenvalue weighted by Crippen LogP contribution is 2.43. The highest BCUT2D eigenvalue weighted by atomic mass is 32.4. The van der Waals surface area contributed by atoms with Crippen molar-refractivity contribution < 1.29 is 0 Å². The summed E-state index contributed by atoms with van der Waals surface area (Å²) < 4.78 is 0.